The number of hydrogen-bond acceptors (Lipinski definition) is 5. The van der Waals surface area contributed by atoms with Gasteiger partial charge >= 0.3 is 5.97 Å². The van der Waals surface area contributed by atoms with Crippen molar-refractivity contribution < 1.29 is 23.7 Å². The van der Waals surface area contributed by atoms with E-state index >= 15 is 0 Å². The molecule has 0 aromatic heterocycles. The van der Waals surface area contributed by atoms with E-state index in [0.717, 1.165) is 13.2 Å². The van der Waals surface area contributed by atoms with Crippen LogP contribution in [-0.2, 0) is 23.7 Å². The molecular weight excluding hydrogens is 236 g/mol. The minimum atomic E-state index is -0.373. The maximum atomic E-state index is 11.7. The van der Waals surface area contributed by atoms with Crippen LogP contribution in [0.25, 0.3) is 0 Å². The first-order chi connectivity index (χ1) is 8.70. The minimum Gasteiger partial charge on any atom is -0.494 e. The second-order valence-electron chi connectivity index (χ2n) is 4.36. The van der Waals surface area contributed by atoms with Crippen molar-refractivity contribution in [3.63, 3.8) is 0 Å². The van der Waals surface area contributed by atoms with Gasteiger partial charge in [-0.25, -0.2) is 4.79 Å². The largest absolute Gasteiger partial charge is 0.494 e. The molecule has 0 radical (unpaired) electrons. The highest BCUT2D eigenvalue weighted by Gasteiger charge is 2.29. The molecule has 2 saturated heterocycles. The van der Waals surface area contributed by atoms with Crippen molar-refractivity contribution in [3.8, 4) is 0 Å². The van der Waals surface area contributed by atoms with Crippen LogP contribution < -0.4 is 0 Å². The minimum absolute atomic E-state index is 0.164. The second kappa shape index (κ2) is 6.02. The van der Waals surface area contributed by atoms with Gasteiger partial charge in [-0.1, -0.05) is 12.7 Å². The van der Waals surface area contributed by atoms with Crippen LogP contribution in [0, 0.1) is 0 Å². The molecule has 0 aromatic rings. The number of esters is 1. The van der Waals surface area contributed by atoms with Crippen molar-refractivity contribution in [2.45, 2.75) is 25.6 Å². The van der Waals surface area contributed by atoms with Crippen LogP contribution in [0.15, 0.2) is 24.0 Å². The fourth-order valence-electron chi connectivity index (χ4n) is 1.43. The molecule has 5 heteroatoms. The zero-order valence-electron chi connectivity index (χ0n) is 10.5. The Bertz CT molecular complexity index is 352. The fourth-order valence-corrected chi connectivity index (χ4v) is 1.43. The molecule has 2 aliphatic rings. The van der Waals surface area contributed by atoms with E-state index in [4.69, 9.17) is 18.9 Å². The normalized spacial score (nSPS) is 26.1. The van der Waals surface area contributed by atoms with Gasteiger partial charge in [0.1, 0.15) is 25.1 Å². The summed E-state index contributed by atoms with van der Waals surface area (Å²) in [4.78, 5) is 11.7. The Morgan fingerprint density at radius 2 is 2.00 bits per heavy atom. The number of carbonyl (C=O) groups excluding carboxylic acids is 1. The van der Waals surface area contributed by atoms with Gasteiger partial charge < -0.3 is 18.9 Å². The maximum absolute atomic E-state index is 11.7. The Balaban J connectivity index is 1.92. The van der Waals surface area contributed by atoms with Crippen molar-refractivity contribution in [2.75, 3.05) is 26.4 Å². The summed E-state index contributed by atoms with van der Waals surface area (Å²) in [5.74, 6) is 0.268. The Morgan fingerprint density at radius 1 is 1.33 bits per heavy atom. The van der Waals surface area contributed by atoms with Crippen molar-refractivity contribution in [3.05, 3.63) is 24.0 Å². The number of hydrogen-bond donors (Lipinski definition) is 0. The van der Waals surface area contributed by atoms with Crippen LogP contribution in [0.5, 0.6) is 0 Å². The van der Waals surface area contributed by atoms with Gasteiger partial charge in [-0.15, -0.1) is 0 Å². The van der Waals surface area contributed by atoms with E-state index in [9.17, 15) is 4.79 Å². The van der Waals surface area contributed by atoms with Crippen molar-refractivity contribution in [1.29, 1.82) is 0 Å². The van der Waals surface area contributed by atoms with Gasteiger partial charge in [-0.3, -0.25) is 0 Å². The third-order valence-corrected chi connectivity index (χ3v) is 2.72. The highest BCUT2D eigenvalue weighted by atomic mass is 16.6. The lowest BCUT2D eigenvalue weighted by atomic mass is 10.2. The highest BCUT2D eigenvalue weighted by Crippen LogP contribution is 2.24. The van der Waals surface area contributed by atoms with Crippen LogP contribution in [0.3, 0.4) is 0 Å². The lowest BCUT2D eigenvalue weighted by Gasteiger charge is -2.12. The molecule has 0 aliphatic carbocycles. The van der Waals surface area contributed by atoms with Gasteiger partial charge in [0.25, 0.3) is 0 Å². The SMILES string of the molecule is C=CCOC(=O)C(C)=C(CC1CO1)OCC1CO1. The molecule has 0 saturated carbocycles. The summed E-state index contributed by atoms with van der Waals surface area (Å²) in [7, 11) is 0. The molecule has 18 heavy (non-hydrogen) atoms. The standard InChI is InChI=1S/C13H18O5/c1-3-4-15-13(14)9(2)12(5-10-6-16-10)18-8-11-7-17-11/h3,10-11H,1,4-8H2,2H3. The van der Waals surface area contributed by atoms with E-state index in [1.807, 2.05) is 0 Å². The summed E-state index contributed by atoms with van der Waals surface area (Å²) in [6.07, 6.45) is 2.48. The first kappa shape index (κ1) is 13.1. The molecular formula is C13H18O5. The molecule has 2 unspecified atom stereocenters. The highest BCUT2D eigenvalue weighted by molar-refractivity contribution is 5.88. The quantitative estimate of drug-likeness (QED) is 0.214. The van der Waals surface area contributed by atoms with Crippen LogP contribution in [-0.4, -0.2) is 44.6 Å². The average molecular weight is 254 g/mol. The first-order valence-electron chi connectivity index (χ1n) is 6.04. The molecule has 0 spiro atoms. The summed E-state index contributed by atoms with van der Waals surface area (Å²) >= 11 is 0. The molecule has 2 rings (SSSR count). The van der Waals surface area contributed by atoms with Crippen molar-refractivity contribution >= 4 is 5.97 Å². The van der Waals surface area contributed by atoms with E-state index in [1.165, 1.54) is 6.08 Å². The van der Waals surface area contributed by atoms with Gasteiger partial charge in [0, 0.05) is 6.42 Å². The fraction of sp³-hybridized carbons (Fsp3) is 0.615. The van der Waals surface area contributed by atoms with E-state index in [1.54, 1.807) is 6.92 Å². The zero-order chi connectivity index (χ0) is 13.0. The monoisotopic (exact) mass is 254 g/mol. The summed E-state index contributed by atoms with van der Waals surface area (Å²) in [6, 6.07) is 0. The predicted octanol–water partition coefficient (Wildman–Crippen LogP) is 1.19. The molecule has 2 heterocycles. The molecule has 2 aliphatic heterocycles. The Morgan fingerprint density at radius 3 is 2.56 bits per heavy atom. The number of ether oxygens (including phenoxy) is 4. The van der Waals surface area contributed by atoms with E-state index in [0.29, 0.717) is 24.4 Å². The summed E-state index contributed by atoms with van der Waals surface area (Å²) in [6.45, 7) is 7.34. The van der Waals surface area contributed by atoms with Crippen LogP contribution in [0.2, 0.25) is 0 Å². The van der Waals surface area contributed by atoms with Crippen LogP contribution in [0.1, 0.15) is 13.3 Å². The molecule has 5 nitrogen and oxygen atoms in total. The molecule has 2 atom stereocenters. The van der Waals surface area contributed by atoms with Gasteiger partial charge in [0.15, 0.2) is 0 Å². The van der Waals surface area contributed by atoms with Gasteiger partial charge in [-0.05, 0) is 6.92 Å². The van der Waals surface area contributed by atoms with E-state index in [2.05, 4.69) is 6.58 Å². The smallest absolute Gasteiger partial charge is 0.337 e. The topological polar surface area (TPSA) is 60.6 Å². The Kier molecular flexibility index (Phi) is 4.38. The summed E-state index contributed by atoms with van der Waals surface area (Å²) in [5.41, 5.74) is 0.494. The Hall–Kier alpha value is -1.33. The average Bonchev–Trinajstić information content (AvgIpc) is 3.24. The van der Waals surface area contributed by atoms with Crippen molar-refractivity contribution in [1.82, 2.24) is 0 Å². The molecule has 0 amide bonds. The molecule has 0 aromatic carbocycles. The number of epoxide rings is 2. The van der Waals surface area contributed by atoms with Crippen LogP contribution >= 0.6 is 0 Å². The molecule has 100 valence electrons. The lowest BCUT2D eigenvalue weighted by molar-refractivity contribution is -0.138. The lowest BCUT2D eigenvalue weighted by Crippen LogP contribution is -2.12. The van der Waals surface area contributed by atoms with Crippen LogP contribution in [0.4, 0.5) is 0 Å². The van der Waals surface area contributed by atoms with Gasteiger partial charge in [0.05, 0.1) is 24.9 Å². The Labute approximate surface area is 106 Å². The first-order valence-corrected chi connectivity index (χ1v) is 6.04. The third-order valence-electron chi connectivity index (χ3n) is 2.72. The van der Waals surface area contributed by atoms with Crippen molar-refractivity contribution in [2.24, 2.45) is 0 Å². The maximum Gasteiger partial charge on any atom is 0.337 e. The summed E-state index contributed by atoms with van der Waals surface area (Å²) < 4.78 is 20.9. The van der Waals surface area contributed by atoms with E-state index in [-0.39, 0.29) is 24.8 Å². The number of carbonyl (C=O) groups is 1. The summed E-state index contributed by atoms with van der Waals surface area (Å²) in [5, 5.41) is 0. The van der Waals surface area contributed by atoms with E-state index < -0.39 is 0 Å². The molecule has 0 N–H and O–H groups in total. The molecule has 0 bridgehead atoms. The number of rotatable bonds is 8. The third kappa shape index (κ3) is 4.16. The zero-order valence-corrected chi connectivity index (χ0v) is 10.5. The molecule has 2 fully saturated rings. The second-order valence-corrected chi connectivity index (χ2v) is 4.36. The predicted molar refractivity (Wildman–Crippen MR) is 63.9 cm³/mol. The van der Waals surface area contributed by atoms with Gasteiger partial charge in [-0.2, -0.15) is 0 Å². The van der Waals surface area contributed by atoms with Gasteiger partial charge in [0.2, 0.25) is 0 Å².